The van der Waals surface area contributed by atoms with Crippen molar-refractivity contribution in [1.29, 1.82) is 0 Å². The Morgan fingerprint density at radius 3 is 2.95 bits per heavy atom. The highest BCUT2D eigenvalue weighted by Gasteiger charge is 2.24. The van der Waals surface area contributed by atoms with E-state index in [9.17, 15) is 0 Å². The molecule has 0 radical (unpaired) electrons. The fraction of sp³-hybridized carbons (Fsp3) is 0.688. The molecule has 0 bridgehead atoms. The minimum absolute atomic E-state index is 0.608. The molecular formula is C16H27N3O2. The summed E-state index contributed by atoms with van der Waals surface area (Å²) in [4.78, 5) is 7.09. The third-order valence-corrected chi connectivity index (χ3v) is 3.87. The van der Waals surface area contributed by atoms with E-state index >= 15 is 0 Å². The molecule has 1 aliphatic heterocycles. The zero-order valence-electron chi connectivity index (χ0n) is 13.6. The first-order chi connectivity index (χ1) is 10.1. The van der Waals surface area contributed by atoms with Crippen molar-refractivity contribution in [3.8, 4) is 0 Å². The smallest absolute Gasteiger partial charge is 0.194 e. The lowest BCUT2D eigenvalue weighted by molar-refractivity contribution is 0.157. The lowest BCUT2D eigenvalue weighted by atomic mass is 10.1. The summed E-state index contributed by atoms with van der Waals surface area (Å²) in [5.74, 6) is 3.51. The summed E-state index contributed by atoms with van der Waals surface area (Å²) in [6.45, 7) is 10.5. The first-order valence-electron chi connectivity index (χ1n) is 7.72. The van der Waals surface area contributed by atoms with E-state index in [4.69, 9.17) is 14.1 Å². The summed E-state index contributed by atoms with van der Waals surface area (Å²) in [7, 11) is 1.77. The van der Waals surface area contributed by atoms with Gasteiger partial charge in [-0.05, 0) is 33.3 Å². The molecule has 1 aliphatic rings. The SMILES string of the molecule is CCNC(=NCc1cc(C)oc1C)N1CCC(COC)C1. The number of methoxy groups -OCH3 is 1. The molecule has 21 heavy (non-hydrogen) atoms. The lowest BCUT2D eigenvalue weighted by Crippen LogP contribution is -2.40. The Balaban J connectivity index is 2.01. The number of guanidine groups is 1. The Kier molecular flexibility index (Phi) is 5.67. The van der Waals surface area contributed by atoms with Crippen molar-refractivity contribution < 1.29 is 9.15 Å². The topological polar surface area (TPSA) is 50.0 Å². The van der Waals surface area contributed by atoms with Crippen LogP contribution in [0.5, 0.6) is 0 Å². The summed E-state index contributed by atoms with van der Waals surface area (Å²) in [6, 6.07) is 2.07. The summed E-state index contributed by atoms with van der Waals surface area (Å²) < 4.78 is 10.8. The standard InChI is InChI=1S/C16H27N3O2/c1-5-17-16(19-7-6-14(10-19)11-20-4)18-9-15-8-12(2)21-13(15)3/h8,14H,5-7,9-11H2,1-4H3,(H,17,18). The predicted octanol–water partition coefficient (Wildman–Crippen LogP) is 2.33. The molecule has 5 heteroatoms. The molecule has 0 aliphatic carbocycles. The second-order valence-corrected chi connectivity index (χ2v) is 5.66. The van der Waals surface area contributed by atoms with Gasteiger partial charge in [0.15, 0.2) is 5.96 Å². The van der Waals surface area contributed by atoms with E-state index in [-0.39, 0.29) is 0 Å². The summed E-state index contributed by atoms with van der Waals surface area (Å²) >= 11 is 0. The van der Waals surface area contributed by atoms with E-state index in [1.165, 1.54) is 6.42 Å². The van der Waals surface area contributed by atoms with E-state index in [1.54, 1.807) is 7.11 Å². The van der Waals surface area contributed by atoms with Crippen LogP contribution in [0.3, 0.4) is 0 Å². The monoisotopic (exact) mass is 293 g/mol. The van der Waals surface area contributed by atoms with Gasteiger partial charge in [-0.15, -0.1) is 0 Å². The van der Waals surface area contributed by atoms with Gasteiger partial charge in [-0.2, -0.15) is 0 Å². The maximum Gasteiger partial charge on any atom is 0.194 e. The van der Waals surface area contributed by atoms with Crippen LogP contribution in [0.15, 0.2) is 15.5 Å². The number of aliphatic imine (C=N–C) groups is 1. The second kappa shape index (κ2) is 7.50. The number of aryl methyl sites for hydroxylation is 2. The van der Waals surface area contributed by atoms with Crippen LogP contribution >= 0.6 is 0 Å². The van der Waals surface area contributed by atoms with Crippen molar-refractivity contribution in [3.05, 3.63) is 23.2 Å². The zero-order valence-corrected chi connectivity index (χ0v) is 13.6. The molecule has 1 unspecified atom stereocenters. The number of hydrogen-bond acceptors (Lipinski definition) is 3. The Labute approximate surface area is 127 Å². The number of ether oxygens (including phenoxy) is 1. The first-order valence-corrected chi connectivity index (χ1v) is 7.72. The number of likely N-dealkylation sites (tertiary alicyclic amines) is 1. The molecule has 1 aromatic heterocycles. The summed E-state index contributed by atoms with van der Waals surface area (Å²) in [5, 5.41) is 3.39. The third-order valence-electron chi connectivity index (χ3n) is 3.87. The Bertz CT molecular complexity index is 482. The normalized spacial score (nSPS) is 19.3. The fourth-order valence-electron chi connectivity index (χ4n) is 2.82. The van der Waals surface area contributed by atoms with Crippen LogP contribution in [0.1, 0.15) is 30.4 Å². The molecule has 0 amide bonds. The van der Waals surface area contributed by atoms with E-state index in [0.717, 1.165) is 49.3 Å². The minimum atomic E-state index is 0.608. The molecule has 0 saturated carbocycles. The molecule has 1 fully saturated rings. The molecule has 1 N–H and O–H groups in total. The van der Waals surface area contributed by atoms with Crippen LogP contribution in [-0.4, -0.2) is 44.2 Å². The quantitative estimate of drug-likeness (QED) is 0.669. The van der Waals surface area contributed by atoms with Gasteiger partial charge in [0.05, 0.1) is 13.2 Å². The third kappa shape index (κ3) is 4.24. The number of rotatable bonds is 5. The fourth-order valence-corrected chi connectivity index (χ4v) is 2.82. The van der Waals surface area contributed by atoms with Gasteiger partial charge in [0.2, 0.25) is 0 Å². The average molecular weight is 293 g/mol. The van der Waals surface area contributed by atoms with Crippen molar-refractivity contribution in [1.82, 2.24) is 10.2 Å². The second-order valence-electron chi connectivity index (χ2n) is 5.66. The van der Waals surface area contributed by atoms with Crippen molar-refractivity contribution in [3.63, 3.8) is 0 Å². The van der Waals surface area contributed by atoms with Crippen LogP contribution in [0.2, 0.25) is 0 Å². The van der Waals surface area contributed by atoms with E-state index < -0.39 is 0 Å². The van der Waals surface area contributed by atoms with Crippen molar-refractivity contribution >= 4 is 5.96 Å². The van der Waals surface area contributed by atoms with Crippen molar-refractivity contribution in [2.75, 3.05) is 33.4 Å². The van der Waals surface area contributed by atoms with Crippen LogP contribution < -0.4 is 5.32 Å². The highest BCUT2D eigenvalue weighted by molar-refractivity contribution is 5.80. The van der Waals surface area contributed by atoms with Crippen LogP contribution in [0.25, 0.3) is 0 Å². The largest absolute Gasteiger partial charge is 0.466 e. The highest BCUT2D eigenvalue weighted by atomic mass is 16.5. The van der Waals surface area contributed by atoms with Gasteiger partial charge in [0, 0.05) is 38.2 Å². The van der Waals surface area contributed by atoms with E-state index in [0.29, 0.717) is 12.5 Å². The van der Waals surface area contributed by atoms with Crippen LogP contribution in [-0.2, 0) is 11.3 Å². The van der Waals surface area contributed by atoms with Gasteiger partial charge < -0.3 is 19.4 Å². The molecule has 2 heterocycles. The number of nitrogens with zero attached hydrogens (tertiary/aromatic N) is 2. The molecule has 2 rings (SSSR count). The molecule has 0 spiro atoms. The molecular weight excluding hydrogens is 266 g/mol. The summed E-state index contributed by atoms with van der Waals surface area (Å²) in [5.41, 5.74) is 1.16. The van der Waals surface area contributed by atoms with Crippen molar-refractivity contribution in [2.45, 2.75) is 33.7 Å². The maximum atomic E-state index is 5.56. The number of hydrogen-bond donors (Lipinski definition) is 1. The van der Waals surface area contributed by atoms with Crippen molar-refractivity contribution in [2.24, 2.45) is 10.9 Å². The van der Waals surface area contributed by atoms with Gasteiger partial charge >= 0.3 is 0 Å². The molecule has 5 nitrogen and oxygen atoms in total. The van der Waals surface area contributed by atoms with Gasteiger partial charge in [-0.25, -0.2) is 4.99 Å². The minimum Gasteiger partial charge on any atom is -0.466 e. The maximum absolute atomic E-state index is 5.56. The Morgan fingerprint density at radius 1 is 1.52 bits per heavy atom. The Hall–Kier alpha value is -1.49. The van der Waals surface area contributed by atoms with Crippen LogP contribution in [0, 0.1) is 19.8 Å². The molecule has 1 atom stereocenters. The first kappa shape index (κ1) is 15.9. The van der Waals surface area contributed by atoms with Gasteiger partial charge in [0.1, 0.15) is 11.5 Å². The summed E-state index contributed by atoms with van der Waals surface area (Å²) in [6.07, 6.45) is 1.17. The zero-order chi connectivity index (χ0) is 15.2. The van der Waals surface area contributed by atoms with Gasteiger partial charge in [-0.3, -0.25) is 0 Å². The molecule has 1 aromatic rings. The van der Waals surface area contributed by atoms with Gasteiger partial charge in [0.25, 0.3) is 0 Å². The Morgan fingerprint density at radius 2 is 2.33 bits per heavy atom. The number of furan rings is 1. The van der Waals surface area contributed by atoms with Gasteiger partial charge in [-0.1, -0.05) is 0 Å². The molecule has 118 valence electrons. The van der Waals surface area contributed by atoms with E-state index in [1.807, 2.05) is 13.8 Å². The molecule has 1 saturated heterocycles. The van der Waals surface area contributed by atoms with Crippen LogP contribution in [0.4, 0.5) is 0 Å². The van der Waals surface area contributed by atoms with E-state index in [2.05, 4.69) is 23.2 Å². The average Bonchev–Trinajstić information content (AvgIpc) is 3.02. The lowest BCUT2D eigenvalue weighted by Gasteiger charge is -2.21. The number of nitrogens with one attached hydrogen (secondary N) is 1. The molecule has 0 aromatic carbocycles. The highest BCUT2D eigenvalue weighted by Crippen LogP contribution is 2.18. The predicted molar refractivity (Wildman–Crippen MR) is 84.6 cm³/mol.